The number of nitrogens with zero attached hydrogens (tertiary/aromatic N) is 4. The van der Waals surface area contributed by atoms with Crippen molar-refractivity contribution < 1.29 is 4.74 Å². The maximum atomic E-state index is 7.56. The van der Waals surface area contributed by atoms with Gasteiger partial charge in [-0.05, 0) is 41.1 Å². The van der Waals surface area contributed by atoms with Crippen LogP contribution in [0.2, 0.25) is 0 Å². The molecule has 3 N–H and O–H groups in total. The number of benzene rings is 2. The van der Waals surface area contributed by atoms with E-state index in [9.17, 15) is 0 Å². The molecule has 24 heavy (non-hydrogen) atoms. The molecule has 0 fully saturated rings. The largest absolute Gasteiger partial charge is 0.487 e. The Bertz CT molecular complexity index is 817. The highest BCUT2D eigenvalue weighted by molar-refractivity contribution is 5.95. The molecule has 0 bridgehead atoms. The number of nitrogens with two attached hydrogens (primary N) is 1. The van der Waals surface area contributed by atoms with Crippen molar-refractivity contribution in [2.75, 3.05) is 0 Å². The van der Waals surface area contributed by atoms with E-state index in [1.165, 1.54) is 16.6 Å². The zero-order chi connectivity index (χ0) is 16.2. The van der Waals surface area contributed by atoms with Crippen LogP contribution in [0.3, 0.4) is 0 Å². The van der Waals surface area contributed by atoms with E-state index in [0.717, 1.165) is 5.56 Å². The summed E-state index contributed by atoms with van der Waals surface area (Å²) in [7, 11) is 0. The lowest BCUT2D eigenvalue weighted by Gasteiger charge is -2.12. The molecule has 0 radical (unpaired) electrons. The molecule has 7 nitrogen and oxygen atoms in total. The molecule has 0 saturated carbocycles. The zero-order valence-corrected chi connectivity index (χ0v) is 13.8. The highest BCUT2D eigenvalue weighted by atomic mass is 35.5. The average Bonchev–Trinajstić information content (AvgIpc) is 3.08. The van der Waals surface area contributed by atoms with Crippen molar-refractivity contribution in [2.24, 2.45) is 5.73 Å². The standard InChI is InChI=1S/C16H16N6O.ClH/c1-11-2-4-12(5-3-11)9-23-15-7-6-13(16(17)18)8-14(15)22-10-19-20-21-22;/h2-8,10H,9H2,1H3,(H3,17,18);1H. The van der Waals surface area contributed by atoms with Gasteiger partial charge < -0.3 is 10.5 Å². The first-order valence-corrected chi connectivity index (χ1v) is 7.03. The summed E-state index contributed by atoms with van der Waals surface area (Å²) in [6, 6.07) is 13.4. The number of tetrazole rings is 1. The van der Waals surface area contributed by atoms with Crippen LogP contribution in [0.4, 0.5) is 0 Å². The van der Waals surface area contributed by atoms with Gasteiger partial charge in [0.05, 0.1) is 0 Å². The van der Waals surface area contributed by atoms with Gasteiger partial charge in [0.1, 0.15) is 30.2 Å². The van der Waals surface area contributed by atoms with Crippen molar-refractivity contribution in [1.29, 1.82) is 5.41 Å². The van der Waals surface area contributed by atoms with Crippen molar-refractivity contribution in [2.45, 2.75) is 13.5 Å². The molecule has 0 saturated heterocycles. The summed E-state index contributed by atoms with van der Waals surface area (Å²) in [6.45, 7) is 2.47. The van der Waals surface area contributed by atoms with E-state index in [1.807, 2.05) is 31.2 Å². The normalized spacial score (nSPS) is 10.0. The minimum absolute atomic E-state index is 0. The number of aromatic nitrogens is 4. The van der Waals surface area contributed by atoms with Gasteiger partial charge in [-0.2, -0.15) is 4.68 Å². The molecule has 0 spiro atoms. The quantitative estimate of drug-likeness (QED) is 0.546. The lowest BCUT2D eigenvalue weighted by Crippen LogP contribution is -2.12. The summed E-state index contributed by atoms with van der Waals surface area (Å²) >= 11 is 0. The van der Waals surface area contributed by atoms with E-state index in [4.69, 9.17) is 15.9 Å². The number of hydrogen-bond donors (Lipinski definition) is 2. The molecule has 0 unspecified atom stereocenters. The number of ether oxygens (including phenoxy) is 1. The minimum Gasteiger partial charge on any atom is -0.487 e. The lowest BCUT2D eigenvalue weighted by atomic mass is 10.1. The lowest BCUT2D eigenvalue weighted by molar-refractivity contribution is 0.304. The molecule has 124 valence electrons. The topological polar surface area (TPSA) is 103 Å². The summed E-state index contributed by atoms with van der Waals surface area (Å²) in [4.78, 5) is 0. The van der Waals surface area contributed by atoms with Gasteiger partial charge in [-0.3, -0.25) is 5.41 Å². The second-order valence-corrected chi connectivity index (χ2v) is 5.12. The van der Waals surface area contributed by atoms with Gasteiger partial charge >= 0.3 is 0 Å². The molecular formula is C16H17ClN6O. The fraction of sp³-hybridized carbons (Fsp3) is 0.125. The predicted molar refractivity (Wildman–Crippen MR) is 92.9 cm³/mol. The van der Waals surface area contributed by atoms with E-state index >= 15 is 0 Å². The molecule has 0 amide bonds. The first kappa shape index (κ1) is 17.4. The number of amidine groups is 1. The van der Waals surface area contributed by atoms with Gasteiger partial charge in [0.15, 0.2) is 0 Å². The summed E-state index contributed by atoms with van der Waals surface area (Å²) in [6.07, 6.45) is 1.47. The molecule has 1 aromatic heterocycles. The third kappa shape index (κ3) is 3.88. The van der Waals surface area contributed by atoms with Crippen molar-refractivity contribution in [3.05, 3.63) is 65.5 Å². The fourth-order valence-electron chi connectivity index (χ4n) is 2.10. The molecular weight excluding hydrogens is 328 g/mol. The van der Waals surface area contributed by atoms with Gasteiger partial charge in [0, 0.05) is 5.56 Å². The molecule has 0 atom stereocenters. The first-order chi connectivity index (χ1) is 11.1. The molecule has 0 aliphatic carbocycles. The van der Waals surface area contributed by atoms with E-state index in [2.05, 4.69) is 15.5 Å². The van der Waals surface area contributed by atoms with Crippen LogP contribution in [0.1, 0.15) is 16.7 Å². The smallest absolute Gasteiger partial charge is 0.145 e. The number of aryl methyl sites for hydroxylation is 1. The Labute approximate surface area is 145 Å². The van der Waals surface area contributed by atoms with Gasteiger partial charge in [-0.1, -0.05) is 29.8 Å². The molecule has 0 aliphatic rings. The van der Waals surface area contributed by atoms with Gasteiger partial charge in [-0.15, -0.1) is 17.5 Å². The number of hydrogen-bond acceptors (Lipinski definition) is 5. The van der Waals surface area contributed by atoms with Crippen molar-refractivity contribution in [3.8, 4) is 11.4 Å². The van der Waals surface area contributed by atoms with Gasteiger partial charge in [0.25, 0.3) is 0 Å². The number of halogens is 1. The maximum Gasteiger partial charge on any atom is 0.145 e. The molecule has 3 aromatic rings. The van der Waals surface area contributed by atoms with Crippen LogP contribution < -0.4 is 10.5 Å². The second-order valence-electron chi connectivity index (χ2n) is 5.12. The molecule has 0 aliphatic heterocycles. The van der Waals surface area contributed by atoms with E-state index in [1.54, 1.807) is 18.2 Å². The van der Waals surface area contributed by atoms with Gasteiger partial charge in [0.2, 0.25) is 0 Å². The Balaban J connectivity index is 0.00000208. The van der Waals surface area contributed by atoms with Crippen molar-refractivity contribution in [3.63, 3.8) is 0 Å². The summed E-state index contributed by atoms with van der Waals surface area (Å²) < 4.78 is 7.38. The predicted octanol–water partition coefficient (Wildman–Crippen LogP) is 2.26. The monoisotopic (exact) mass is 344 g/mol. The van der Waals surface area contributed by atoms with E-state index in [0.29, 0.717) is 23.6 Å². The molecule has 2 aromatic carbocycles. The van der Waals surface area contributed by atoms with Crippen LogP contribution in [-0.2, 0) is 6.61 Å². The van der Waals surface area contributed by atoms with Crippen LogP contribution in [0, 0.1) is 12.3 Å². The van der Waals surface area contributed by atoms with E-state index < -0.39 is 0 Å². The fourth-order valence-corrected chi connectivity index (χ4v) is 2.10. The van der Waals surface area contributed by atoms with Crippen molar-refractivity contribution in [1.82, 2.24) is 20.2 Å². The number of nitrogens with one attached hydrogen (secondary N) is 1. The minimum atomic E-state index is -0.0237. The van der Waals surface area contributed by atoms with Crippen LogP contribution in [0.15, 0.2) is 48.8 Å². The second kappa shape index (κ2) is 7.56. The summed E-state index contributed by atoms with van der Waals surface area (Å²) in [5.41, 5.74) is 9.03. The Morgan fingerprint density at radius 3 is 2.58 bits per heavy atom. The average molecular weight is 345 g/mol. The Morgan fingerprint density at radius 1 is 1.21 bits per heavy atom. The highest BCUT2D eigenvalue weighted by Gasteiger charge is 2.10. The maximum absolute atomic E-state index is 7.56. The Kier molecular flexibility index (Phi) is 5.49. The SMILES string of the molecule is Cc1ccc(COc2ccc(C(=N)N)cc2-n2cnnn2)cc1.Cl. The molecule has 8 heteroatoms. The van der Waals surface area contributed by atoms with E-state index in [-0.39, 0.29) is 18.2 Å². The summed E-state index contributed by atoms with van der Waals surface area (Å²) in [5, 5.41) is 18.7. The third-order valence-electron chi connectivity index (χ3n) is 3.38. The Morgan fingerprint density at radius 2 is 1.96 bits per heavy atom. The molecule has 3 rings (SSSR count). The number of rotatable bonds is 5. The van der Waals surface area contributed by atoms with Crippen molar-refractivity contribution >= 4 is 18.2 Å². The van der Waals surface area contributed by atoms with Crippen LogP contribution in [0.25, 0.3) is 5.69 Å². The van der Waals surface area contributed by atoms with Crippen LogP contribution >= 0.6 is 12.4 Å². The van der Waals surface area contributed by atoms with Crippen LogP contribution in [-0.4, -0.2) is 26.0 Å². The Hall–Kier alpha value is -2.93. The zero-order valence-electron chi connectivity index (χ0n) is 13.0. The highest BCUT2D eigenvalue weighted by Crippen LogP contribution is 2.24. The van der Waals surface area contributed by atoms with Crippen LogP contribution in [0.5, 0.6) is 5.75 Å². The van der Waals surface area contributed by atoms with Gasteiger partial charge in [-0.25, -0.2) is 0 Å². The number of nitrogen functional groups attached to an aromatic ring is 1. The third-order valence-corrected chi connectivity index (χ3v) is 3.38. The molecule has 1 heterocycles. The summed E-state index contributed by atoms with van der Waals surface area (Å²) in [5.74, 6) is 0.590. The first-order valence-electron chi connectivity index (χ1n) is 7.03.